The molecule has 220 valence electrons. The fourth-order valence-corrected chi connectivity index (χ4v) is 5.85. The third-order valence-corrected chi connectivity index (χ3v) is 8.11. The summed E-state index contributed by atoms with van der Waals surface area (Å²) in [5.74, 6) is 0.528. The fraction of sp³-hybridized carbons (Fsp3) is 0. The summed E-state index contributed by atoms with van der Waals surface area (Å²) in [6.07, 6.45) is 0. The lowest BCUT2D eigenvalue weighted by Gasteiger charge is -2.11. The van der Waals surface area contributed by atoms with Crippen LogP contribution in [0.1, 0.15) is 13.7 Å². The van der Waals surface area contributed by atoms with Gasteiger partial charge in [-0.15, -0.1) is 0 Å². The molecule has 9 aromatic rings. The van der Waals surface area contributed by atoms with Gasteiger partial charge in [-0.1, -0.05) is 151 Å². The van der Waals surface area contributed by atoms with Gasteiger partial charge in [0, 0.05) is 27.5 Å². The highest BCUT2D eigenvalue weighted by atomic mass is 16.3. The molecule has 4 heteroatoms. The van der Waals surface area contributed by atoms with Crippen LogP contribution in [0.25, 0.3) is 89.1 Å². The minimum atomic E-state index is -0.481. The summed E-state index contributed by atoms with van der Waals surface area (Å²) in [5, 5.41) is 2.75. The molecule has 0 aliphatic carbocycles. The van der Waals surface area contributed by atoms with Gasteiger partial charge in [-0.2, -0.15) is 0 Å². The molecule has 2 aromatic heterocycles. The van der Waals surface area contributed by atoms with Crippen LogP contribution in [-0.2, 0) is 0 Å². The maximum Gasteiger partial charge on any atom is 0.164 e. The van der Waals surface area contributed by atoms with Gasteiger partial charge in [0.25, 0.3) is 0 Å². The zero-order valence-corrected chi connectivity index (χ0v) is 24.6. The summed E-state index contributed by atoms with van der Waals surface area (Å²) < 4.78 is 89.9. The van der Waals surface area contributed by atoms with Crippen molar-refractivity contribution in [1.82, 2.24) is 15.0 Å². The van der Waals surface area contributed by atoms with Crippen molar-refractivity contribution in [2.75, 3.05) is 0 Å². The molecule has 0 saturated heterocycles. The smallest absolute Gasteiger partial charge is 0.164 e. The van der Waals surface area contributed by atoms with E-state index in [4.69, 9.17) is 33.1 Å². The van der Waals surface area contributed by atoms with E-state index in [0.717, 1.165) is 21.9 Å². The molecule has 0 bridgehead atoms. The van der Waals surface area contributed by atoms with Crippen molar-refractivity contribution < 1.29 is 18.1 Å². The van der Waals surface area contributed by atoms with Gasteiger partial charge in [0.1, 0.15) is 11.2 Å². The molecule has 0 aliphatic heterocycles. The second kappa shape index (κ2) is 11.2. The number of para-hydroxylation sites is 1. The number of fused-ring (bicyclic) bond motifs is 4. The third-order valence-electron chi connectivity index (χ3n) is 8.11. The third kappa shape index (κ3) is 4.84. The van der Waals surface area contributed by atoms with Gasteiger partial charge >= 0.3 is 0 Å². The van der Waals surface area contributed by atoms with E-state index in [1.54, 1.807) is 24.3 Å². The van der Waals surface area contributed by atoms with E-state index >= 15 is 0 Å². The van der Waals surface area contributed by atoms with Gasteiger partial charge in [-0.05, 0) is 45.1 Å². The van der Waals surface area contributed by atoms with Crippen molar-refractivity contribution in [3.8, 4) is 56.4 Å². The number of hydrogen-bond donors (Lipinski definition) is 0. The molecule has 9 rings (SSSR count). The molecule has 0 radical (unpaired) electrons. The second-order valence-electron chi connectivity index (χ2n) is 10.9. The molecule has 47 heavy (non-hydrogen) atoms. The van der Waals surface area contributed by atoms with Crippen LogP contribution in [0, 0.1) is 0 Å². The lowest BCUT2D eigenvalue weighted by Crippen LogP contribution is -2.00. The molecule has 0 unspecified atom stereocenters. The minimum absolute atomic E-state index is 0.00751. The number of furan rings is 1. The van der Waals surface area contributed by atoms with Gasteiger partial charge in [-0.25, -0.2) is 15.0 Å². The molecule has 0 aliphatic rings. The summed E-state index contributed by atoms with van der Waals surface area (Å²) in [7, 11) is 0. The summed E-state index contributed by atoms with van der Waals surface area (Å²) in [5.41, 5.74) is 3.86. The Morgan fingerprint density at radius 2 is 1.06 bits per heavy atom. The van der Waals surface area contributed by atoms with Gasteiger partial charge in [0.05, 0.1) is 13.7 Å². The molecule has 0 amide bonds. The molecule has 4 nitrogen and oxygen atoms in total. The summed E-state index contributed by atoms with van der Waals surface area (Å²) >= 11 is 0. The highest BCUT2D eigenvalue weighted by molar-refractivity contribution is 6.11. The molecule has 0 spiro atoms. The molecule has 0 fully saturated rings. The topological polar surface area (TPSA) is 51.8 Å². The average molecular weight is 612 g/mol. The Bertz CT molecular complexity index is 3100. The van der Waals surface area contributed by atoms with Crippen molar-refractivity contribution in [3.63, 3.8) is 0 Å². The molecule has 0 saturated carbocycles. The maximum atomic E-state index is 9.08. The molecule has 0 atom stereocenters. The van der Waals surface area contributed by atoms with Crippen LogP contribution in [0.15, 0.2) is 168 Å². The highest BCUT2D eigenvalue weighted by Crippen LogP contribution is 2.37. The van der Waals surface area contributed by atoms with Gasteiger partial charge in [-0.3, -0.25) is 0 Å². The fourth-order valence-electron chi connectivity index (χ4n) is 5.85. The lowest BCUT2D eigenvalue weighted by molar-refractivity contribution is 0.669. The summed E-state index contributed by atoms with van der Waals surface area (Å²) in [4.78, 5) is 14.6. The van der Waals surface area contributed by atoms with Crippen LogP contribution >= 0.6 is 0 Å². The first-order valence-electron chi connectivity index (χ1n) is 19.9. The van der Waals surface area contributed by atoms with Gasteiger partial charge < -0.3 is 4.42 Å². The zero-order chi connectivity index (χ0) is 39.9. The number of hydrogen-bond acceptors (Lipinski definition) is 4. The number of nitrogens with zero attached hydrogens (tertiary/aromatic N) is 3. The Labute approximate surface area is 285 Å². The molecular weight excluding hydrogens is 574 g/mol. The number of rotatable bonds is 5. The van der Waals surface area contributed by atoms with E-state index in [-0.39, 0.29) is 92.8 Å². The molecule has 7 aromatic carbocycles. The average Bonchev–Trinajstić information content (AvgIpc) is 3.61. The van der Waals surface area contributed by atoms with Crippen LogP contribution in [0.2, 0.25) is 0 Å². The zero-order valence-electron chi connectivity index (χ0n) is 34.6. The predicted octanol–water partition coefficient (Wildman–Crippen LogP) is 11.3. The van der Waals surface area contributed by atoms with Crippen LogP contribution < -0.4 is 0 Å². The second-order valence-corrected chi connectivity index (χ2v) is 10.9. The standard InChI is InChI=1S/C43H27N3O/c1-2-10-28(11-3-1)29-20-24-32(25-21-29)41-44-42(33-26-22-31(23-27-33)35-16-8-13-30-12-4-5-14-34(30)35)46-43(45-41)37-17-9-19-39-40(37)36-15-6-7-18-38(36)47-39/h1-27H/i1D,2D,3D,6D,7D,10D,11D,17D,18D,19D. The Hall–Kier alpha value is -6.39. The van der Waals surface area contributed by atoms with E-state index in [2.05, 4.69) is 24.3 Å². The highest BCUT2D eigenvalue weighted by Gasteiger charge is 2.18. The first-order valence-corrected chi connectivity index (χ1v) is 14.9. The predicted molar refractivity (Wildman–Crippen MR) is 192 cm³/mol. The van der Waals surface area contributed by atoms with Gasteiger partial charge in [0.2, 0.25) is 0 Å². The van der Waals surface area contributed by atoms with Crippen LogP contribution in [-0.4, -0.2) is 15.0 Å². The number of benzene rings is 7. The lowest BCUT2D eigenvalue weighted by atomic mass is 9.97. The normalized spacial score (nSPS) is 14.4. The van der Waals surface area contributed by atoms with Gasteiger partial charge in [0.15, 0.2) is 17.5 Å². The van der Waals surface area contributed by atoms with E-state index in [1.807, 2.05) is 42.5 Å². The summed E-state index contributed by atoms with van der Waals surface area (Å²) in [6.45, 7) is 0. The van der Waals surface area contributed by atoms with Crippen LogP contribution in [0.3, 0.4) is 0 Å². The Morgan fingerprint density at radius 3 is 1.85 bits per heavy atom. The van der Waals surface area contributed by atoms with Crippen molar-refractivity contribution in [2.24, 2.45) is 0 Å². The van der Waals surface area contributed by atoms with E-state index in [9.17, 15) is 0 Å². The molecule has 2 heterocycles. The van der Waals surface area contributed by atoms with Crippen molar-refractivity contribution in [3.05, 3.63) is 164 Å². The molecule has 0 N–H and O–H groups in total. The van der Waals surface area contributed by atoms with E-state index in [1.165, 1.54) is 12.1 Å². The van der Waals surface area contributed by atoms with Crippen molar-refractivity contribution >= 4 is 32.7 Å². The van der Waals surface area contributed by atoms with Crippen molar-refractivity contribution in [1.29, 1.82) is 0 Å². The Kier molecular flexibility index (Phi) is 4.42. The molecular formula is C43H27N3O. The van der Waals surface area contributed by atoms with E-state index in [0.29, 0.717) is 16.7 Å². The van der Waals surface area contributed by atoms with Crippen molar-refractivity contribution in [2.45, 2.75) is 0 Å². The first kappa shape index (κ1) is 18.5. The minimum Gasteiger partial charge on any atom is -0.456 e. The maximum absolute atomic E-state index is 9.08. The number of aromatic nitrogens is 3. The van der Waals surface area contributed by atoms with E-state index < -0.39 is 18.1 Å². The largest absolute Gasteiger partial charge is 0.456 e. The van der Waals surface area contributed by atoms with Crippen LogP contribution in [0.4, 0.5) is 0 Å². The first-order chi connectivity index (χ1) is 27.4. The Morgan fingerprint density at radius 1 is 0.404 bits per heavy atom. The SMILES string of the molecule is [2H]c1cc2c(oc3c([2H])cc([2H])c(-c4nc(-c5ccc(-c6c([2H])c([2H])c([2H])c([2H])c6[2H])cc5)nc(-c5ccc(-c6cccc7ccccc67)cc5)n4)c32)c([2H])c1[2H]. The summed E-state index contributed by atoms with van der Waals surface area (Å²) in [6, 6.07) is 28.2. The van der Waals surface area contributed by atoms with Crippen LogP contribution in [0.5, 0.6) is 0 Å². The quantitative estimate of drug-likeness (QED) is 0.194. The monoisotopic (exact) mass is 611 g/mol. The Balaban J connectivity index is 1.25.